The number of fused-ring (bicyclic) bond motifs is 2. The number of aromatic nitrogens is 2. The Morgan fingerprint density at radius 1 is 1.00 bits per heavy atom. The molecule has 0 spiro atoms. The van der Waals surface area contributed by atoms with Crippen molar-refractivity contribution in [3.05, 3.63) is 60.3 Å². The molecule has 0 aliphatic heterocycles. The normalized spacial score (nSPS) is 11.3. The second-order valence-electron chi connectivity index (χ2n) is 5.24. The first-order valence-electron chi connectivity index (χ1n) is 6.90. The first-order valence-corrected chi connectivity index (χ1v) is 6.90. The summed E-state index contributed by atoms with van der Waals surface area (Å²) in [7, 11) is 0. The molecule has 0 radical (unpaired) electrons. The number of phenols is 1. The quantitative estimate of drug-likeness (QED) is 0.540. The molecular weight excluding hydrogens is 260 g/mol. The van der Waals surface area contributed by atoms with E-state index in [2.05, 4.69) is 24.0 Å². The Balaban J connectivity index is 2.03. The summed E-state index contributed by atoms with van der Waals surface area (Å²) in [6.45, 7) is 2.10. The van der Waals surface area contributed by atoms with Crippen molar-refractivity contribution in [3.63, 3.8) is 0 Å². The van der Waals surface area contributed by atoms with Crippen LogP contribution in [0.25, 0.3) is 33.1 Å². The third-order valence-corrected chi connectivity index (χ3v) is 3.89. The number of phenolic OH excluding ortho intramolecular Hbond substituents is 1. The second kappa shape index (κ2) is 4.35. The Hall–Kier alpha value is -2.81. The van der Waals surface area contributed by atoms with Gasteiger partial charge < -0.3 is 10.1 Å². The minimum atomic E-state index is 0.260. The Morgan fingerprint density at radius 3 is 2.71 bits per heavy atom. The van der Waals surface area contributed by atoms with Crippen LogP contribution in [-0.2, 0) is 0 Å². The summed E-state index contributed by atoms with van der Waals surface area (Å²) in [6.07, 6.45) is 1.90. The van der Waals surface area contributed by atoms with Gasteiger partial charge in [0.2, 0.25) is 0 Å². The van der Waals surface area contributed by atoms with E-state index in [9.17, 15) is 5.11 Å². The molecule has 0 bridgehead atoms. The maximum absolute atomic E-state index is 9.91. The maximum Gasteiger partial charge on any atom is 0.139 e. The van der Waals surface area contributed by atoms with Gasteiger partial charge >= 0.3 is 0 Å². The van der Waals surface area contributed by atoms with Crippen LogP contribution >= 0.6 is 0 Å². The van der Waals surface area contributed by atoms with E-state index < -0.39 is 0 Å². The number of aromatic amines is 1. The highest BCUT2D eigenvalue weighted by atomic mass is 16.3. The lowest BCUT2D eigenvalue weighted by molar-refractivity contribution is 0.480. The van der Waals surface area contributed by atoms with Crippen molar-refractivity contribution < 1.29 is 5.11 Å². The van der Waals surface area contributed by atoms with Crippen LogP contribution in [0.3, 0.4) is 0 Å². The van der Waals surface area contributed by atoms with Gasteiger partial charge in [0.05, 0.1) is 16.7 Å². The van der Waals surface area contributed by atoms with Crippen LogP contribution in [0.1, 0.15) is 5.56 Å². The Bertz CT molecular complexity index is 969. The molecule has 0 saturated heterocycles. The van der Waals surface area contributed by atoms with E-state index in [1.807, 2.05) is 36.5 Å². The van der Waals surface area contributed by atoms with E-state index >= 15 is 0 Å². The number of hydrogen-bond donors (Lipinski definition) is 2. The number of aryl methyl sites for hydroxylation is 1. The highest BCUT2D eigenvalue weighted by Crippen LogP contribution is 2.33. The molecule has 2 N–H and O–H groups in total. The zero-order valence-electron chi connectivity index (χ0n) is 11.6. The highest BCUT2D eigenvalue weighted by Gasteiger charge is 2.11. The molecule has 0 fully saturated rings. The molecular formula is C18H14N2O. The van der Waals surface area contributed by atoms with Gasteiger partial charge in [0.25, 0.3) is 0 Å². The fourth-order valence-corrected chi connectivity index (χ4v) is 2.84. The van der Waals surface area contributed by atoms with Crippen molar-refractivity contribution in [1.82, 2.24) is 9.97 Å². The summed E-state index contributed by atoms with van der Waals surface area (Å²) in [5, 5.41) is 12.1. The number of pyridine rings is 1. The van der Waals surface area contributed by atoms with Gasteiger partial charge in [-0.2, -0.15) is 0 Å². The zero-order chi connectivity index (χ0) is 14.4. The molecule has 2 heterocycles. The van der Waals surface area contributed by atoms with Crippen molar-refractivity contribution in [2.75, 3.05) is 0 Å². The molecule has 3 nitrogen and oxygen atoms in total. The average Bonchev–Trinajstić information content (AvgIpc) is 2.93. The van der Waals surface area contributed by atoms with Crippen molar-refractivity contribution in [2.24, 2.45) is 0 Å². The summed E-state index contributed by atoms with van der Waals surface area (Å²) in [6, 6.07) is 15.8. The highest BCUT2D eigenvalue weighted by molar-refractivity contribution is 5.98. The summed E-state index contributed by atoms with van der Waals surface area (Å²) in [5.41, 5.74) is 4.87. The average molecular weight is 274 g/mol. The van der Waals surface area contributed by atoms with E-state index in [0.29, 0.717) is 0 Å². The first-order chi connectivity index (χ1) is 10.2. The van der Waals surface area contributed by atoms with Crippen LogP contribution in [-0.4, -0.2) is 15.1 Å². The number of rotatable bonds is 1. The number of benzene rings is 2. The van der Waals surface area contributed by atoms with Gasteiger partial charge in [-0.3, -0.25) is 0 Å². The molecule has 0 atom stereocenters. The van der Waals surface area contributed by atoms with E-state index in [0.717, 1.165) is 27.7 Å². The van der Waals surface area contributed by atoms with Gasteiger partial charge in [0, 0.05) is 22.5 Å². The van der Waals surface area contributed by atoms with Crippen LogP contribution in [0, 0.1) is 6.92 Å². The van der Waals surface area contributed by atoms with E-state index in [4.69, 9.17) is 4.98 Å². The van der Waals surface area contributed by atoms with E-state index in [1.165, 1.54) is 10.9 Å². The topological polar surface area (TPSA) is 48.9 Å². The fraction of sp³-hybridized carbons (Fsp3) is 0.0556. The van der Waals surface area contributed by atoms with Gasteiger partial charge in [-0.25, -0.2) is 4.98 Å². The van der Waals surface area contributed by atoms with Crippen molar-refractivity contribution in [1.29, 1.82) is 0 Å². The van der Waals surface area contributed by atoms with Crippen molar-refractivity contribution in [3.8, 4) is 17.0 Å². The predicted octanol–water partition coefficient (Wildman–Crippen LogP) is 4.40. The van der Waals surface area contributed by atoms with Crippen LogP contribution < -0.4 is 0 Å². The largest absolute Gasteiger partial charge is 0.506 e. The minimum Gasteiger partial charge on any atom is -0.506 e. The molecule has 4 rings (SSSR count). The molecule has 2 aromatic carbocycles. The summed E-state index contributed by atoms with van der Waals surface area (Å²) in [5.74, 6) is 0.260. The van der Waals surface area contributed by atoms with E-state index in [-0.39, 0.29) is 5.75 Å². The first kappa shape index (κ1) is 12.0. The van der Waals surface area contributed by atoms with Gasteiger partial charge in [0.1, 0.15) is 5.75 Å². The zero-order valence-corrected chi connectivity index (χ0v) is 11.6. The Morgan fingerprint density at radius 2 is 1.81 bits per heavy atom. The molecule has 0 aliphatic carbocycles. The summed E-state index contributed by atoms with van der Waals surface area (Å²) >= 11 is 0. The monoisotopic (exact) mass is 274 g/mol. The second-order valence-corrected chi connectivity index (χ2v) is 5.24. The maximum atomic E-state index is 9.91. The molecule has 4 aromatic rings. The molecule has 0 unspecified atom stereocenters. The third kappa shape index (κ3) is 1.78. The van der Waals surface area contributed by atoms with Crippen molar-refractivity contribution >= 4 is 21.8 Å². The number of H-pyrrole nitrogens is 1. The molecule has 0 amide bonds. The predicted molar refractivity (Wildman–Crippen MR) is 85.4 cm³/mol. The molecule has 3 heteroatoms. The number of nitrogens with one attached hydrogen (secondary N) is 1. The molecule has 0 saturated carbocycles. The van der Waals surface area contributed by atoms with E-state index in [1.54, 1.807) is 6.07 Å². The standard InChI is InChI=1S/C18H14N2O/c1-11-9-16(20-15-7-3-2-5-12(11)15)14-10-19-18-13(14)6-4-8-17(18)21/h2-10,19,21H,1H3. The fourth-order valence-electron chi connectivity index (χ4n) is 2.84. The molecule has 2 aromatic heterocycles. The molecule has 102 valence electrons. The lowest BCUT2D eigenvalue weighted by Gasteiger charge is -2.06. The molecule has 0 aliphatic rings. The number of para-hydroxylation sites is 2. The Labute approximate surface area is 121 Å². The summed E-state index contributed by atoms with van der Waals surface area (Å²) < 4.78 is 0. The number of nitrogens with zero attached hydrogens (tertiary/aromatic N) is 1. The lowest BCUT2D eigenvalue weighted by Crippen LogP contribution is -1.87. The van der Waals surface area contributed by atoms with Gasteiger partial charge in [0.15, 0.2) is 0 Å². The summed E-state index contributed by atoms with van der Waals surface area (Å²) in [4.78, 5) is 7.89. The van der Waals surface area contributed by atoms with Crippen molar-refractivity contribution in [2.45, 2.75) is 6.92 Å². The smallest absolute Gasteiger partial charge is 0.139 e. The van der Waals surface area contributed by atoms with Crippen LogP contribution in [0.4, 0.5) is 0 Å². The Kier molecular flexibility index (Phi) is 2.48. The van der Waals surface area contributed by atoms with Crippen LogP contribution in [0.5, 0.6) is 5.75 Å². The third-order valence-electron chi connectivity index (χ3n) is 3.89. The number of hydrogen-bond acceptors (Lipinski definition) is 2. The SMILES string of the molecule is Cc1cc(-c2c[nH]c3c(O)cccc23)nc2ccccc12. The van der Waals surface area contributed by atoms with Gasteiger partial charge in [-0.1, -0.05) is 30.3 Å². The molecule has 21 heavy (non-hydrogen) atoms. The van der Waals surface area contributed by atoms with Gasteiger partial charge in [-0.15, -0.1) is 0 Å². The van der Waals surface area contributed by atoms with Crippen LogP contribution in [0.2, 0.25) is 0 Å². The van der Waals surface area contributed by atoms with Crippen LogP contribution in [0.15, 0.2) is 54.7 Å². The van der Waals surface area contributed by atoms with Gasteiger partial charge in [-0.05, 0) is 30.7 Å². The minimum absolute atomic E-state index is 0.260. The lowest BCUT2D eigenvalue weighted by atomic mass is 10.0. The number of aromatic hydroxyl groups is 1.